The fourth-order valence-electron chi connectivity index (χ4n) is 1.72. The zero-order valence-corrected chi connectivity index (χ0v) is 10.5. The highest BCUT2D eigenvalue weighted by molar-refractivity contribution is 5.76. The highest BCUT2D eigenvalue weighted by Crippen LogP contribution is 2.31. The van der Waals surface area contributed by atoms with Gasteiger partial charge in [-0.3, -0.25) is 0 Å². The normalized spacial score (nSPS) is 19.4. The average molecular weight is 228 g/mol. The zero-order valence-electron chi connectivity index (χ0n) is 10.5. The first-order valence-electron chi connectivity index (χ1n) is 6.46. The summed E-state index contributed by atoms with van der Waals surface area (Å²) < 4.78 is 5.60. The Morgan fingerprint density at radius 2 is 2.06 bits per heavy atom. The number of hydrogen-bond donors (Lipinski definition) is 1. The molecule has 1 aliphatic rings. The Hall–Kier alpha value is -0.570. The van der Waals surface area contributed by atoms with Crippen LogP contribution in [0.1, 0.15) is 58.8 Å². The third-order valence-electron chi connectivity index (χ3n) is 3.29. The molecule has 0 amide bonds. The number of ether oxygens (including phenoxy) is 1. The van der Waals surface area contributed by atoms with Crippen LogP contribution in [-0.4, -0.2) is 23.3 Å². The number of unbranched alkanes of at least 4 members (excludes halogenated alkanes) is 3. The Kier molecular flexibility index (Phi) is 5.26. The molecule has 3 heteroatoms. The minimum atomic E-state index is -0.962. The summed E-state index contributed by atoms with van der Waals surface area (Å²) in [5.74, 6) is -0.195. The molecule has 0 bridgehead atoms. The molecule has 1 saturated carbocycles. The van der Waals surface area contributed by atoms with E-state index in [1.165, 1.54) is 25.7 Å². The lowest BCUT2D eigenvalue weighted by molar-refractivity contribution is -0.165. The van der Waals surface area contributed by atoms with Crippen LogP contribution in [-0.2, 0) is 9.53 Å². The molecule has 1 rings (SSSR count). The molecule has 1 unspecified atom stereocenters. The SMILES string of the molecule is CCCCCCC(C)(OCC1CC1)C(=O)O. The fraction of sp³-hybridized carbons (Fsp3) is 0.923. The predicted octanol–water partition coefficient (Wildman–Crippen LogP) is 3.23. The molecule has 0 radical (unpaired) electrons. The largest absolute Gasteiger partial charge is 0.479 e. The summed E-state index contributed by atoms with van der Waals surface area (Å²) >= 11 is 0. The highest BCUT2D eigenvalue weighted by atomic mass is 16.5. The van der Waals surface area contributed by atoms with Crippen molar-refractivity contribution >= 4 is 5.97 Å². The Morgan fingerprint density at radius 1 is 1.38 bits per heavy atom. The number of carbonyl (C=O) groups is 1. The van der Waals surface area contributed by atoms with Gasteiger partial charge in [0.15, 0.2) is 5.60 Å². The number of carboxylic acid groups (broad SMARTS) is 1. The number of carboxylic acids is 1. The van der Waals surface area contributed by atoms with Gasteiger partial charge in [0.2, 0.25) is 0 Å². The summed E-state index contributed by atoms with van der Waals surface area (Å²) in [6.45, 7) is 4.49. The van der Waals surface area contributed by atoms with Gasteiger partial charge in [-0.15, -0.1) is 0 Å². The van der Waals surface area contributed by atoms with E-state index in [4.69, 9.17) is 4.74 Å². The number of hydrogen-bond acceptors (Lipinski definition) is 2. The summed E-state index contributed by atoms with van der Waals surface area (Å²) in [7, 11) is 0. The maximum absolute atomic E-state index is 11.2. The van der Waals surface area contributed by atoms with Crippen molar-refractivity contribution in [3.63, 3.8) is 0 Å². The summed E-state index contributed by atoms with van der Waals surface area (Å²) in [5, 5.41) is 9.20. The lowest BCUT2D eigenvalue weighted by Gasteiger charge is -2.25. The minimum absolute atomic E-state index is 0.620. The average Bonchev–Trinajstić information content (AvgIpc) is 3.05. The summed E-state index contributed by atoms with van der Waals surface area (Å²) in [5.41, 5.74) is -0.962. The summed E-state index contributed by atoms with van der Waals surface area (Å²) in [6, 6.07) is 0. The van der Waals surface area contributed by atoms with E-state index in [1.54, 1.807) is 6.92 Å². The second kappa shape index (κ2) is 6.24. The van der Waals surface area contributed by atoms with Crippen LogP contribution in [0.15, 0.2) is 0 Å². The first-order valence-corrected chi connectivity index (χ1v) is 6.46. The topological polar surface area (TPSA) is 46.5 Å². The van der Waals surface area contributed by atoms with Gasteiger partial charge in [0.05, 0.1) is 6.61 Å². The van der Waals surface area contributed by atoms with Gasteiger partial charge in [0, 0.05) is 0 Å². The van der Waals surface area contributed by atoms with Gasteiger partial charge in [-0.05, 0) is 38.5 Å². The van der Waals surface area contributed by atoms with Crippen LogP contribution < -0.4 is 0 Å². The molecule has 1 atom stereocenters. The fourth-order valence-corrected chi connectivity index (χ4v) is 1.72. The van der Waals surface area contributed by atoms with Gasteiger partial charge in [-0.1, -0.05) is 26.2 Å². The first kappa shape index (κ1) is 13.5. The maximum Gasteiger partial charge on any atom is 0.335 e. The van der Waals surface area contributed by atoms with E-state index in [1.807, 2.05) is 0 Å². The van der Waals surface area contributed by atoms with Crippen LogP contribution in [0.25, 0.3) is 0 Å². The molecule has 94 valence electrons. The second-order valence-corrected chi connectivity index (χ2v) is 5.10. The van der Waals surface area contributed by atoms with Crippen LogP contribution in [0.5, 0.6) is 0 Å². The molecule has 3 nitrogen and oxygen atoms in total. The molecule has 0 spiro atoms. The molecule has 0 aliphatic heterocycles. The van der Waals surface area contributed by atoms with Gasteiger partial charge < -0.3 is 9.84 Å². The van der Waals surface area contributed by atoms with Crippen molar-refractivity contribution in [2.45, 2.75) is 64.4 Å². The molecule has 0 heterocycles. The van der Waals surface area contributed by atoms with Gasteiger partial charge >= 0.3 is 5.97 Å². The molecule has 0 aromatic rings. The Labute approximate surface area is 98.2 Å². The van der Waals surface area contributed by atoms with Gasteiger partial charge in [-0.2, -0.15) is 0 Å². The van der Waals surface area contributed by atoms with E-state index in [0.717, 1.165) is 12.8 Å². The molecule has 1 N–H and O–H groups in total. The third-order valence-corrected chi connectivity index (χ3v) is 3.29. The Morgan fingerprint density at radius 3 is 2.56 bits per heavy atom. The molecule has 0 aromatic heterocycles. The van der Waals surface area contributed by atoms with E-state index < -0.39 is 11.6 Å². The van der Waals surface area contributed by atoms with Crippen molar-refractivity contribution in [1.29, 1.82) is 0 Å². The zero-order chi connectivity index (χ0) is 12.0. The Bertz CT molecular complexity index is 223. The maximum atomic E-state index is 11.2. The molecular weight excluding hydrogens is 204 g/mol. The second-order valence-electron chi connectivity index (χ2n) is 5.10. The summed E-state index contributed by atoms with van der Waals surface area (Å²) in [6.07, 6.45) is 7.44. The van der Waals surface area contributed by atoms with Crippen molar-refractivity contribution in [3.05, 3.63) is 0 Å². The lowest BCUT2D eigenvalue weighted by Crippen LogP contribution is -2.39. The van der Waals surface area contributed by atoms with Gasteiger partial charge in [-0.25, -0.2) is 4.79 Å². The van der Waals surface area contributed by atoms with E-state index in [0.29, 0.717) is 18.9 Å². The van der Waals surface area contributed by atoms with Crippen molar-refractivity contribution in [2.24, 2.45) is 5.92 Å². The Balaban J connectivity index is 2.27. The molecule has 1 fully saturated rings. The van der Waals surface area contributed by atoms with Crippen LogP contribution in [0.4, 0.5) is 0 Å². The molecule has 16 heavy (non-hydrogen) atoms. The van der Waals surface area contributed by atoms with E-state index >= 15 is 0 Å². The summed E-state index contributed by atoms with van der Waals surface area (Å²) in [4.78, 5) is 11.2. The standard InChI is InChI=1S/C13H24O3/c1-3-4-5-6-9-13(2,12(14)15)16-10-11-7-8-11/h11H,3-10H2,1-2H3,(H,14,15). The molecule has 0 saturated heterocycles. The highest BCUT2D eigenvalue weighted by Gasteiger charge is 2.35. The van der Waals surface area contributed by atoms with Crippen molar-refractivity contribution in [1.82, 2.24) is 0 Å². The molecular formula is C13H24O3. The first-order chi connectivity index (χ1) is 7.58. The number of aliphatic carboxylic acids is 1. The minimum Gasteiger partial charge on any atom is -0.479 e. The smallest absolute Gasteiger partial charge is 0.335 e. The van der Waals surface area contributed by atoms with Crippen LogP contribution in [0.3, 0.4) is 0 Å². The van der Waals surface area contributed by atoms with Crippen LogP contribution in [0.2, 0.25) is 0 Å². The van der Waals surface area contributed by atoms with E-state index in [2.05, 4.69) is 6.92 Å². The monoisotopic (exact) mass is 228 g/mol. The number of rotatable bonds is 9. The van der Waals surface area contributed by atoms with Crippen molar-refractivity contribution in [3.8, 4) is 0 Å². The van der Waals surface area contributed by atoms with Gasteiger partial charge in [0.1, 0.15) is 0 Å². The van der Waals surface area contributed by atoms with E-state index in [9.17, 15) is 9.90 Å². The van der Waals surface area contributed by atoms with Crippen molar-refractivity contribution in [2.75, 3.05) is 6.61 Å². The quantitative estimate of drug-likeness (QED) is 0.616. The van der Waals surface area contributed by atoms with Crippen LogP contribution >= 0.6 is 0 Å². The predicted molar refractivity (Wildman–Crippen MR) is 63.5 cm³/mol. The molecule has 1 aliphatic carbocycles. The lowest BCUT2D eigenvalue weighted by atomic mass is 9.98. The van der Waals surface area contributed by atoms with Gasteiger partial charge in [0.25, 0.3) is 0 Å². The molecule has 0 aromatic carbocycles. The third kappa shape index (κ3) is 4.52. The van der Waals surface area contributed by atoms with E-state index in [-0.39, 0.29) is 0 Å². The van der Waals surface area contributed by atoms with Crippen LogP contribution in [0, 0.1) is 5.92 Å². The van der Waals surface area contributed by atoms with Crippen molar-refractivity contribution < 1.29 is 14.6 Å².